The Morgan fingerprint density at radius 3 is 2.56 bits per heavy atom. The number of rotatable bonds is 0. The molecular formula is C6H10INO. The van der Waals surface area contributed by atoms with Crippen LogP contribution in [-0.4, -0.2) is 28.4 Å². The molecule has 3 saturated heterocycles. The summed E-state index contributed by atoms with van der Waals surface area (Å²) in [7, 11) is 0. The van der Waals surface area contributed by atoms with Crippen LogP contribution in [0.3, 0.4) is 0 Å². The number of nitrogens with zero attached hydrogens (tertiary/aromatic N) is 1. The monoisotopic (exact) mass is 239 g/mol. The van der Waals surface area contributed by atoms with Gasteiger partial charge in [-0.25, -0.2) is 3.11 Å². The van der Waals surface area contributed by atoms with Crippen LogP contribution in [0.15, 0.2) is 0 Å². The smallest absolute Gasteiger partial charge is 0.0711 e. The van der Waals surface area contributed by atoms with E-state index in [4.69, 9.17) is 4.74 Å². The molecule has 0 saturated carbocycles. The lowest BCUT2D eigenvalue weighted by Gasteiger charge is -2.41. The molecule has 2 atom stereocenters. The number of hydrogen-bond acceptors (Lipinski definition) is 2. The van der Waals surface area contributed by atoms with Gasteiger partial charge in [0.25, 0.3) is 0 Å². The molecule has 0 aromatic carbocycles. The van der Waals surface area contributed by atoms with Gasteiger partial charge in [0, 0.05) is 35.5 Å². The number of morpholine rings is 1. The number of fused-ring (bicyclic) bond motifs is 3. The summed E-state index contributed by atoms with van der Waals surface area (Å²) >= 11 is 2.40. The fourth-order valence-electron chi connectivity index (χ4n) is 1.50. The van der Waals surface area contributed by atoms with Crippen molar-refractivity contribution >= 4 is 22.9 Å². The van der Waals surface area contributed by atoms with E-state index in [1.165, 1.54) is 12.8 Å². The SMILES string of the molecule is IN1CC2CCC1CO2. The summed E-state index contributed by atoms with van der Waals surface area (Å²) in [4.78, 5) is 0. The first-order valence-corrected chi connectivity index (χ1v) is 4.37. The summed E-state index contributed by atoms with van der Waals surface area (Å²) < 4.78 is 7.89. The molecule has 0 N–H and O–H groups in total. The molecule has 3 aliphatic rings. The van der Waals surface area contributed by atoms with Crippen LogP contribution < -0.4 is 0 Å². The van der Waals surface area contributed by atoms with Crippen molar-refractivity contribution in [2.24, 2.45) is 0 Å². The summed E-state index contributed by atoms with van der Waals surface area (Å²) in [5.41, 5.74) is 0. The molecule has 9 heavy (non-hydrogen) atoms. The molecule has 0 amide bonds. The van der Waals surface area contributed by atoms with E-state index >= 15 is 0 Å². The van der Waals surface area contributed by atoms with Crippen LogP contribution in [0, 0.1) is 0 Å². The molecule has 0 aromatic rings. The van der Waals surface area contributed by atoms with Crippen LogP contribution in [-0.2, 0) is 4.74 Å². The molecular weight excluding hydrogens is 229 g/mol. The Bertz CT molecular complexity index is 112. The van der Waals surface area contributed by atoms with Gasteiger partial charge in [-0.05, 0) is 12.8 Å². The molecule has 0 aliphatic carbocycles. The van der Waals surface area contributed by atoms with Crippen LogP contribution in [0.1, 0.15) is 12.8 Å². The van der Waals surface area contributed by atoms with Crippen LogP contribution in [0.5, 0.6) is 0 Å². The maximum absolute atomic E-state index is 5.50. The Morgan fingerprint density at radius 1 is 1.44 bits per heavy atom. The summed E-state index contributed by atoms with van der Waals surface area (Å²) in [5.74, 6) is 0. The van der Waals surface area contributed by atoms with Gasteiger partial charge in [0.2, 0.25) is 0 Å². The third-order valence-corrected chi connectivity index (χ3v) is 3.30. The second-order valence-electron chi connectivity index (χ2n) is 2.77. The van der Waals surface area contributed by atoms with Crippen molar-refractivity contribution in [1.29, 1.82) is 0 Å². The molecule has 3 heteroatoms. The fourth-order valence-corrected chi connectivity index (χ4v) is 2.38. The highest BCUT2D eigenvalue weighted by Crippen LogP contribution is 2.28. The third kappa shape index (κ3) is 1.10. The normalized spacial score (nSPS) is 43.7. The quantitative estimate of drug-likeness (QED) is 0.465. The average molecular weight is 239 g/mol. The topological polar surface area (TPSA) is 12.5 Å². The van der Waals surface area contributed by atoms with E-state index in [9.17, 15) is 0 Å². The van der Waals surface area contributed by atoms with Gasteiger partial charge >= 0.3 is 0 Å². The van der Waals surface area contributed by atoms with Gasteiger partial charge in [0.15, 0.2) is 0 Å². The number of halogens is 1. The van der Waals surface area contributed by atoms with Crippen molar-refractivity contribution in [1.82, 2.24) is 3.11 Å². The van der Waals surface area contributed by atoms with Crippen LogP contribution in [0.4, 0.5) is 0 Å². The van der Waals surface area contributed by atoms with E-state index < -0.39 is 0 Å². The average Bonchev–Trinajstić information content (AvgIpc) is 1.90. The number of ether oxygens (including phenoxy) is 1. The number of hydrogen-bond donors (Lipinski definition) is 0. The van der Waals surface area contributed by atoms with Crippen molar-refractivity contribution in [3.8, 4) is 0 Å². The predicted molar refractivity (Wildman–Crippen MR) is 43.5 cm³/mol. The minimum absolute atomic E-state index is 0.548. The van der Waals surface area contributed by atoms with Crippen molar-refractivity contribution in [3.63, 3.8) is 0 Å². The first-order chi connectivity index (χ1) is 4.36. The van der Waals surface area contributed by atoms with Crippen LogP contribution in [0.25, 0.3) is 0 Å². The van der Waals surface area contributed by atoms with Gasteiger partial charge in [-0.1, -0.05) is 0 Å². The van der Waals surface area contributed by atoms with Gasteiger partial charge in [-0.15, -0.1) is 0 Å². The predicted octanol–water partition coefficient (Wildman–Crippen LogP) is 1.20. The second kappa shape index (κ2) is 2.36. The maximum atomic E-state index is 5.50. The molecule has 2 bridgehead atoms. The molecule has 52 valence electrons. The van der Waals surface area contributed by atoms with Gasteiger partial charge in [-0.3, -0.25) is 0 Å². The first-order valence-electron chi connectivity index (χ1n) is 3.40. The summed E-state index contributed by atoms with van der Waals surface area (Å²) in [6, 6.07) is 0.718. The molecule has 0 aromatic heterocycles. The lowest BCUT2D eigenvalue weighted by atomic mass is 10.0. The molecule has 3 fully saturated rings. The van der Waals surface area contributed by atoms with Gasteiger partial charge < -0.3 is 4.74 Å². The Morgan fingerprint density at radius 2 is 2.33 bits per heavy atom. The van der Waals surface area contributed by atoms with E-state index in [1.54, 1.807) is 0 Å². The summed E-state index contributed by atoms with van der Waals surface area (Å²) in [5, 5.41) is 0. The second-order valence-corrected chi connectivity index (χ2v) is 4.01. The molecule has 2 unspecified atom stereocenters. The zero-order chi connectivity index (χ0) is 6.27. The molecule has 2 nitrogen and oxygen atoms in total. The van der Waals surface area contributed by atoms with E-state index in [0.717, 1.165) is 19.2 Å². The minimum Gasteiger partial charge on any atom is -0.375 e. The lowest BCUT2D eigenvalue weighted by Crippen LogP contribution is -2.49. The highest BCUT2D eigenvalue weighted by atomic mass is 127. The third-order valence-electron chi connectivity index (χ3n) is 2.12. The van der Waals surface area contributed by atoms with E-state index in [2.05, 4.69) is 26.0 Å². The van der Waals surface area contributed by atoms with Gasteiger partial charge in [0.05, 0.1) is 12.7 Å². The van der Waals surface area contributed by atoms with E-state index in [0.29, 0.717) is 6.10 Å². The zero-order valence-electron chi connectivity index (χ0n) is 5.22. The Labute approximate surface area is 69.0 Å². The largest absolute Gasteiger partial charge is 0.375 e. The van der Waals surface area contributed by atoms with Crippen LogP contribution in [0.2, 0.25) is 0 Å². The van der Waals surface area contributed by atoms with Crippen LogP contribution >= 0.6 is 22.9 Å². The Hall–Kier alpha value is 0.650. The highest BCUT2D eigenvalue weighted by molar-refractivity contribution is 14.1. The van der Waals surface area contributed by atoms with Gasteiger partial charge in [-0.2, -0.15) is 0 Å². The first kappa shape index (κ1) is 6.37. The molecule has 0 radical (unpaired) electrons. The summed E-state index contributed by atoms with van der Waals surface area (Å²) in [6.45, 7) is 2.11. The highest BCUT2D eigenvalue weighted by Gasteiger charge is 2.32. The summed E-state index contributed by atoms with van der Waals surface area (Å²) in [6.07, 6.45) is 3.17. The standard InChI is InChI=1S/C6H10INO/c7-8-3-6-2-1-5(8)4-9-6/h5-6H,1-4H2. The van der Waals surface area contributed by atoms with E-state index in [1.807, 2.05) is 0 Å². The zero-order valence-corrected chi connectivity index (χ0v) is 7.37. The lowest BCUT2D eigenvalue weighted by molar-refractivity contribution is -0.0660. The fraction of sp³-hybridized carbons (Fsp3) is 1.00. The van der Waals surface area contributed by atoms with Crippen molar-refractivity contribution in [2.45, 2.75) is 25.0 Å². The van der Waals surface area contributed by atoms with Crippen molar-refractivity contribution in [3.05, 3.63) is 0 Å². The molecule has 3 aliphatic heterocycles. The molecule has 3 rings (SSSR count). The molecule has 0 spiro atoms. The Balaban J connectivity index is 2.06. The van der Waals surface area contributed by atoms with Crippen molar-refractivity contribution in [2.75, 3.05) is 13.2 Å². The molecule has 3 heterocycles. The number of piperidine rings is 1. The Kier molecular flexibility index (Phi) is 1.67. The minimum atomic E-state index is 0.548. The van der Waals surface area contributed by atoms with E-state index in [-0.39, 0.29) is 0 Å². The van der Waals surface area contributed by atoms with Crippen molar-refractivity contribution < 1.29 is 4.74 Å². The maximum Gasteiger partial charge on any atom is 0.0711 e. The van der Waals surface area contributed by atoms with Gasteiger partial charge in [0.1, 0.15) is 0 Å².